The van der Waals surface area contributed by atoms with Crippen LogP contribution in [0.2, 0.25) is 0 Å². The molecule has 0 saturated heterocycles. The lowest BCUT2D eigenvalue weighted by molar-refractivity contribution is 1.35. The predicted octanol–water partition coefficient (Wildman–Crippen LogP) is 3.14. The Hall–Kier alpha value is -1.66. The smallest absolute Gasteiger partial charge is 0.0912 e. The molecule has 0 atom stereocenters. The molecule has 0 spiro atoms. The van der Waals surface area contributed by atoms with E-state index in [0.717, 1.165) is 16.1 Å². The van der Waals surface area contributed by atoms with Crippen molar-refractivity contribution in [3.63, 3.8) is 0 Å². The van der Waals surface area contributed by atoms with Gasteiger partial charge in [-0.2, -0.15) is 5.26 Å². The Kier molecular flexibility index (Phi) is 2.30. The van der Waals surface area contributed by atoms with Crippen LogP contribution >= 0.6 is 11.3 Å². The van der Waals surface area contributed by atoms with Gasteiger partial charge < -0.3 is 0 Å². The van der Waals surface area contributed by atoms with Crippen LogP contribution in [0.25, 0.3) is 16.3 Å². The van der Waals surface area contributed by atoms with Crippen LogP contribution in [0, 0.1) is 18.3 Å². The van der Waals surface area contributed by atoms with Gasteiger partial charge in [0.05, 0.1) is 21.3 Å². The highest BCUT2D eigenvalue weighted by molar-refractivity contribution is 7.18. The first-order valence-electron chi connectivity index (χ1n) is 4.23. The van der Waals surface area contributed by atoms with Crippen molar-refractivity contribution in [1.29, 1.82) is 5.26 Å². The normalized spacial score (nSPS) is 10.9. The van der Waals surface area contributed by atoms with Crippen molar-refractivity contribution >= 4 is 27.6 Å². The molecule has 3 heteroatoms. The molecule has 2 nitrogen and oxygen atoms in total. The highest BCUT2D eigenvalue weighted by Gasteiger charge is 1.99. The highest BCUT2D eigenvalue weighted by atomic mass is 32.1. The Morgan fingerprint density at radius 3 is 3.14 bits per heavy atom. The van der Waals surface area contributed by atoms with Gasteiger partial charge in [0.25, 0.3) is 0 Å². The topological polar surface area (TPSA) is 36.7 Å². The van der Waals surface area contributed by atoms with Crippen molar-refractivity contribution in [3.8, 4) is 6.07 Å². The summed E-state index contributed by atoms with van der Waals surface area (Å²) in [6.45, 7) is 2.00. The summed E-state index contributed by atoms with van der Waals surface area (Å²) in [7, 11) is 0. The lowest BCUT2D eigenvalue weighted by Gasteiger charge is -1.90. The maximum atomic E-state index is 8.39. The minimum absolute atomic E-state index is 1.01. The molecule has 68 valence electrons. The summed E-state index contributed by atoms with van der Waals surface area (Å²) < 4.78 is 1.19. The molecule has 2 rings (SSSR count). The van der Waals surface area contributed by atoms with Gasteiger partial charge in [-0.25, -0.2) is 4.98 Å². The molecule has 0 saturated carbocycles. The van der Waals surface area contributed by atoms with E-state index in [9.17, 15) is 0 Å². The van der Waals surface area contributed by atoms with Crippen molar-refractivity contribution in [2.75, 3.05) is 0 Å². The van der Waals surface area contributed by atoms with Crippen LogP contribution in [0.1, 0.15) is 10.6 Å². The van der Waals surface area contributed by atoms with Crippen LogP contribution in [-0.4, -0.2) is 4.98 Å². The molecule has 0 radical (unpaired) electrons. The van der Waals surface area contributed by atoms with E-state index in [1.165, 1.54) is 10.8 Å². The number of aryl methyl sites for hydroxylation is 1. The van der Waals surface area contributed by atoms with E-state index in [4.69, 9.17) is 5.26 Å². The van der Waals surface area contributed by atoms with E-state index in [1.54, 1.807) is 17.4 Å². The number of hydrogen-bond donors (Lipinski definition) is 0. The van der Waals surface area contributed by atoms with Crippen LogP contribution in [0.15, 0.2) is 24.3 Å². The summed E-state index contributed by atoms with van der Waals surface area (Å²) in [6, 6.07) is 8.00. The largest absolute Gasteiger partial charge is 0.241 e. The molecule has 14 heavy (non-hydrogen) atoms. The molecule has 1 heterocycles. The van der Waals surface area contributed by atoms with Crippen molar-refractivity contribution in [2.45, 2.75) is 6.92 Å². The van der Waals surface area contributed by atoms with Crippen molar-refractivity contribution in [1.82, 2.24) is 4.98 Å². The van der Waals surface area contributed by atoms with Gasteiger partial charge in [-0.1, -0.05) is 6.07 Å². The summed E-state index contributed by atoms with van der Waals surface area (Å²) >= 11 is 1.68. The second-order valence-electron chi connectivity index (χ2n) is 2.92. The fourth-order valence-corrected chi connectivity index (χ4v) is 2.10. The van der Waals surface area contributed by atoms with Gasteiger partial charge in [0.1, 0.15) is 0 Å². The molecule has 0 bridgehead atoms. The van der Waals surface area contributed by atoms with E-state index >= 15 is 0 Å². The third kappa shape index (κ3) is 1.66. The fraction of sp³-hybridized carbons (Fsp3) is 0.0909. The van der Waals surface area contributed by atoms with Gasteiger partial charge >= 0.3 is 0 Å². The number of thiazole rings is 1. The molecule has 1 aromatic carbocycles. The minimum Gasteiger partial charge on any atom is -0.241 e. The third-order valence-electron chi connectivity index (χ3n) is 1.87. The zero-order valence-corrected chi connectivity index (χ0v) is 8.51. The van der Waals surface area contributed by atoms with Gasteiger partial charge in [0.15, 0.2) is 0 Å². The van der Waals surface area contributed by atoms with Crippen LogP contribution in [0.5, 0.6) is 0 Å². The van der Waals surface area contributed by atoms with Crippen LogP contribution < -0.4 is 0 Å². The molecule has 0 unspecified atom stereocenters. The van der Waals surface area contributed by atoms with Gasteiger partial charge in [-0.05, 0) is 30.7 Å². The Morgan fingerprint density at radius 2 is 2.36 bits per heavy atom. The molecule has 0 aliphatic heterocycles. The van der Waals surface area contributed by atoms with E-state index in [0.29, 0.717) is 0 Å². The Labute approximate surface area is 86.1 Å². The summed E-state index contributed by atoms with van der Waals surface area (Å²) in [4.78, 5) is 4.38. The maximum absolute atomic E-state index is 8.39. The Morgan fingerprint density at radius 1 is 1.50 bits per heavy atom. The lowest BCUT2D eigenvalue weighted by atomic mass is 10.2. The van der Waals surface area contributed by atoms with Crippen LogP contribution in [-0.2, 0) is 0 Å². The van der Waals surface area contributed by atoms with E-state index in [1.807, 2.05) is 31.2 Å². The fourth-order valence-electron chi connectivity index (χ4n) is 1.30. The van der Waals surface area contributed by atoms with Gasteiger partial charge in [-0.3, -0.25) is 0 Å². The molecule has 0 aliphatic rings. The molecular weight excluding hydrogens is 192 g/mol. The highest BCUT2D eigenvalue weighted by Crippen LogP contribution is 2.22. The van der Waals surface area contributed by atoms with Gasteiger partial charge in [-0.15, -0.1) is 11.3 Å². The number of rotatable bonds is 1. The molecule has 1 aromatic heterocycles. The lowest BCUT2D eigenvalue weighted by Crippen LogP contribution is -1.72. The van der Waals surface area contributed by atoms with Crippen molar-refractivity contribution < 1.29 is 0 Å². The average molecular weight is 200 g/mol. The molecule has 0 amide bonds. The average Bonchev–Trinajstić information content (AvgIpc) is 2.54. The van der Waals surface area contributed by atoms with Crippen molar-refractivity contribution in [3.05, 3.63) is 34.8 Å². The Balaban J connectivity index is 2.51. The molecule has 0 fully saturated rings. The molecule has 0 N–H and O–H groups in total. The first kappa shape index (κ1) is 8.92. The molecule has 0 aliphatic carbocycles. The number of hydrogen-bond acceptors (Lipinski definition) is 3. The number of nitriles is 1. The minimum atomic E-state index is 1.01. The molecular formula is C11H8N2S. The number of benzene rings is 1. The summed E-state index contributed by atoms with van der Waals surface area (Å²) in [5, 5.41) is 9.47. The van der Waals surface area contributed by atoms with Crippen LogP contribution in [0.3, 0.4) is 0 Å². The van der Waals surface area contributed by atoms with Gasteiger partial charge in [0, 0.05) is 6.08 Å². The maximum Gasteiger partial charge on any atom is 0.0912 e. The standard InChI is InChI=1S/C11H8N2S/c1-8-13-10-7-9(3-2-6-12)4-5-11(10)14-8/h2-5,7H,1H3. The van der Waals surface area contributed by atoms with E-state index in [-0.39, 0.29) is 0 Å². The monoisotopic (exact) mass is 200 g/mol. The third-order valence-corrected chi connectivity index (χ3v) is 2.82. The number of nitrogens with zero attached hydrogens (tertiary/aromatic N) is 2. The SMILES string of the molecule is Cc1nc2cc(C=CC#N)ccc2s1. The van der Waals surface area contributed by atoms with Gasteiger partial charge in [0.2, 0.25) is 0 Å². The second-order valence-corrected chi connectivity index (χ2v) is 4.16. The first-order chi connectivity index (χ1) is 6.79. The van der Waals surface area contributed by atoms with Crippen LogP contribution in [0.4, 0.5) is 0 Å². The number of allylic oxidation sites excluding steroid dienone is 1. The Bertz CT molecular complexity index is 532. The number of aromatic nitrogens is 1. The summed E-state index contributed by atoms with van der Waals surface area (Å²) in [5.41, 5.74) is 2.02. The van der Waals surface area contributed by atoms with E-state index < -0.39 is 0 Å². The summed E-state index contributed by atoms with van der Waals surface area (Å²) in [6.07, 6.45) is 3.26. The zero-order valence-electron chi connectivity index (χ0n) is 7.69. The summed E-state index contributed by atoms with van der Waals surface area (Å²) in [5.74, 6) is 0. The quantitative estimate of drug-likeness (QED) is 0.663. The van der Waals surface area contributed by atoms with Crippen molar-refractivity contribution in [2.24, 2.45) is 0 Å². The predicted molar refractivity (Wildman–Crippen MR) is 59.0 cm³/mol. The zero-order chi connectivity index (χ0) is 9.97. The molecule has 2 aromatic rings. The second kappa shape index (κ2) is 3.60. The van der Waals surface area contributed by atoms with E-state index in [2.05, 4.69) is 4.98 Å². The number of fused-ring (bicyclic) bond motifs is 1. The first-order valence-corrected chi connectivity index (χ1v) is 5.04.